The molecule has 1 aromatic heterocycles. The maximum Gasteiger partial charge on any atom is 0.311 e. The zero-order valence-corrected chi connectivity index (χ0v) is 11.2. The fourth-order valence-electron chi connectivity index (χ4n) is 1.80. The van der Waals surface area contributed by atoms with Crippen molar-refractivity contribution in [3.8, 4) is 11.6 Å². The van der Waals surface area contributed by atoms with E-state index in [4.69, 9.17) is 10.5 Å². The average molecular weight is 273 g/mol. The van der Waals surface area contributed by atoms with Crippen molar-refractivity contribution in [1.29, 1.82) is 0 Å². The topological polar surface area (TPSA) is 91.3 Å². The molecule has 0 aliphatic heterocycles. The molecule has 0 spiro atoms. The standard InChI is InChI=1S/C14H15N3O3/c1-9-5-6-13(12(8-9)17(18)19)20-14-11(10(2)15)4-3-7-16-14/h3-8,10H,15H2,1-2H3. The highest BCUT2D eigenvalue weighted by Crippen LogP contribution is 2.33. The van der Waals surface area contributed by atoms with Gasteiger partial charge in [-0.25, -0.2) is 4.98 Å². The molecule has 104 valence electrons. The molecule has 0 radical (unpaired) electrons. The molecule has 6 heteroatoms. The van der Waals surface area contributed by atoms with E-state index in [1.807, 2.05) is 0 Å². The van der Waals surface area contributed by atoms with Crippen LogP contribution in [0.2, 0.25) is 0 Å². The van der Waals surface area contributed by atoms with Crippen LogP contribution in [0.4, 0.5) is 5.69 Å². The molecule has 1 unspecified atom stereocenters. The summed E-state index contributed by atoms with van der Waals surface area (Å²) in [4.78, 5) is 14.7. The number of rotatable bonds is 4. The summed E-state index contributed by atoms with van der Waals surface area (Å²) in [6.45, 7) is 3.58. The quantitative estimate of drug-likeness (QED) is 0.682. The first kappa shape index (κ1) is 14.0. The molecule has 0 bridgehead atoms. The van der Waals surface area contributed by atoms with Gasteiger partial charge in [0.1, 0.15) is 0 Å². The van der Waals surface area contributed by atoms with Gasteiger partial charge in [-0.3, -0.25) is 10.1 Å². The third-order valence-electron chi connectivity index (χ3n) is 2.81. The molecule has 1 aromatic carbocycles. The number of aromatic nitrogens is 1. The number of hydrogen-bond acceptors (Lipinski definition) is 5. The SMILES string of the molecule is Cc1ccc(Oc2ncccc2C(C)N)c([N+](=O)[O-])c1. The molecule has 0 fully saturated rings. The summed E-state index contributed by atoms with van der Waals surface area (Å²) in [5, 5.41) is 11.1. The van der Waals surface area contributed by atoms with Crippen LogP contribution < -0.4 is 10.5 Å². The second-order valence-corrected chi connectivity index (χ2v) is 4.52. The van der Waals surface area contributed by atoms with Crippen LogP contribution >= 0.6 is 0 Å². The summed E-state index contributed by atoms with van der Waals surface area (Å²) >= 11 is 0. The number of benzene rings is 1. The van der Waals surface area contributed by atoms with E-state index in [0.29, 0.717) is 5.56 Å². The predicted molar refractivity (Wildman–Crippen MR) is 74.7 cm³/mol. The number of aryl methyl sites for hydroxylation is 1. The van der Waals surface area contributed by atoms with Gasteiger partial charge in [0.15, 0.2) is 0 Å². The number of nitrogens with two attached hydrogens (primary N) is 1. The monoisotopic (exact) mass is 273 g/mol. The Morgan fingerprint density at radius 2 is 2.15 bits per heavy atom. The van der Waals surface area contributed by atoms with Gasteiger partial charge in [0, 0.05) is 23.9 Å². The van der Waals surface area contributed by atoms with Crippen molar-refractivity contribution < 1.29 is 9.66 Å². The lowest BCUT2D eigenvalue weighted by Gasteiger charge is -2.12. The Morgan fingerprint density at radius 3 is 2.80 bits per heavy atom. The molecule has 2 rings (SSSR count). The van der Waals surface area contributed by atoms with Crippen molar-refractivity contribution >= 4 is 5.69 Å². The number of hydrogen-bond donors (Lipinski definition) is 1. The van der Waals surface area contributed by atoms with Gasteiger partial charge in [-0.1, -0.05) is 12.1 Å². The van der Waals surface area contributed by atoms with E-state index in [1.54, 1.807) is 44.3 Å². The average Bonchev–Trinajstić information content (AvgIpc) is 2.41. The van der Waals surface area contributed by atoms with Crippen LogP contribution in [-0.4, -0.2) is 9.91 Å². The van der Waals surface area contributed by atoms with Crippen molar-refractivity contribution in [3.05, 3.63) is 57.8 Å². The molecule has 2 N–H and O–H groups in total. The van der Waals surface area contributed by atoms with Crippen molar-refractivity contribution in [2.24, 2.45) is 5.73 Å². The minimum absolute atomic E-state index is 0.0914. The van der Waals surface area contributed by atoms with Crippen LogP contribution in [0.25, 0.3) is 0 Å². The molecule has 2 aromatic rings. The Bertz CT molecular complexity index is 641. The number of nitro benzene ring substituents is 1. The summed E-state index contributed by atoms with van der Waals surface area (Å²) in [6, 6.07) is 8.03. The number of nitrogens with zero attached hydrogens (tertiary/aromatic N) is 2. The Balaban J connectivity index is 2.43. The molecule has 1 atom stereocenters. The van der Waals surface area contributed by atoms with E-state index in [2.05, 4.69) is 4.98 Å². The fourth-order valence-corrected chi connectivity index (χ4v) is 1.80. The zero-order valence-electron chi connectivity index (χ0n) is 11.2. The molecule has 0 aliphatic carbocycles. The fraction of sp³-hybridized carbons (Fsp3) is 0.214. The maximum absolute atomic E-state index is 11.1. The summed E-state index contributed by atoms with van der Waals surface area (Å²) in [6.07, 6.45) is 1.56. The van der Waals surface area contributed by atoms with Crippen LogP contribution in [0.15, 0.2) is 36.5 Å². The highest BCUT2D eigenvalue weighted by atomic mass is 16.6. The molecule has 0 aliphatic rings. The lowest BCUT2D eigenvalue weighted by atomic mass is 10.1. The highest BCUT2D eigenvalue weighted by molar-refractivity contribution is 5.50. The molecule has 0 saturated carbocycles. The first-order valence-corrected chi connectivity index (χ1v) is 6.12. The van der Waals surface area contributed by atoms with Gasteiger partial charge in [-0.15, -0.1) is 0 Å². The van der Waals surface area contributed by atoms with Gasteiger partial charge in [-0.2, -0.15) is 0 Å². The maximum atomic E-state index is 11.1. The number of ether oxygens (including phenoxy) is 1. The normalized spacial score (nSPS) is 11.9. The van der Waals surface area contributed by atoms with Crippen molar-refractivity contribution in [2.45, 2.75) is 19.9 Å². The lowest BCUT2D eigenvalue weighted by Crippen LogP contribution is -2.07. The molecule has 1 heterocycles. The largest absolute Gasteiger partial charge is 0.431 e. The third kappa shape index (κ3) is 2.92. The van der Waals surface area contributed by atoms with E-state index in [1.165, 1.54) is 6.07 Å². The van der Waals surface area contributed by atoms with Gasteiger partial charge in [0.05, 0.1) is 4.92 Å². The lowest BCUT2D eigenvalue weighted by molar-refractivity contribution is -0.385. The summed E-state index contributed by atoms with van der Waals surface area (Å²) in [5.74, 6) is 0.440. The minimum Gasteiger partial charge on any atom is -0.431 e. The van der Waals surface area contributed by atoms with Crippen LogP contribution in [0, 0.1) is 17.0 Å². The van der Waals surface area contributed by atoms with Crippen LogP contribution in [0.3, 0.4) is 0 Å². The van der Waals surface area contributed by atoms with E-state index in [-0.39, 0.29) is 23.4 Å². The van der Waals surface area contributed by atoms with E-state index >= 15 is 0 Å². The molecule has 20 heavy (non-hydrogen) atoms. The molecule has 0 amide bonds. The van der Waals surface area contributed by atoms with E-state index in [0.717, 1.165) is 5.56 Å². The molecular formula is C14H15N3O3. The molecule has 6 nitrogen and oxygen atoms in total. The van der Waals surface area contributed by atoms with Crippen molar-refractivity contribution in [2.75, 3.05) is 0 Å². The van der Waals surface area contributed by atoms with E-state index < -0.39 is 4.92 Å². The van der Waals surface area contributed by atoms with Gasteiger partial charge in [-0.05, 0) is 31.5 Å². The second-order valence-electron chi connectivity index (χ2n) is 4.52. The third-order valence-corrected chi connectivity index (χ3v) is 2.81. The van der Waals surface area contributed by atoms with E-state index in [9.17, 15) is 10.1 Å². The molecular weight excluding hydrogens is 258 g/mol. The Morgan fingerprint density at radius 1 is 1.40 bits per heavy atom. The number of pyridine rings is 1. The van der Waals surface area contributed by atoms with Crippen LogP contribution in [0.5, 0.6) is 11.6 Å². The van der Waals surface area contributed by atoms with Crippen LogP contribution in [0.1, 0.15) is 24.1 Å². The Kier molecular flexibility index (Phi) is 3.95. The van der Waals surface area contributed by atoms with Gasteiger partial charge < -0.3 is 10.5 Å². The zero-order chi connectivity index (χ0) is 14.7. The smallest absolute Gasteiger partial charge is 0.311 e. The first-order chi connectivity index (χ1) is 9.49. The summed E-state index contributed by atoms with van der Waals surface area (Å²) < 4.78 is 5.59. The van der Waals surface area contributed by atoms with Gasteiger partial charge in [0.2, 0.25) is 11.6 Å². The van der Waals surface area contributed by atoms with Gasteiger partial charge >= 0.3 is 5.69 Å². The van der Waals surface area contributed by atoms with Crippen LogP contribution in [-0.2, 0) is 0 Å². The second kappa shape index (κ2) is 5.66. The van der Waals surface area contributed by atoms with Crippen molar-refractivity contribution in [3.63, 3.8) is 0 Å². The Labute approximate surface area is 116 Å². The Hall–Kier alpha value is -2.47. The minimum atomic E-state index is -0.475. The first-order valence-electron chi connectivity index (χ1n) is 6.12. The summed E-state index contributed by atoms with van der Waals surface area (Å²) in [5.41, 5.74) is 7.23. The van der Waals surface area contributed by atoms with Crippen molar-refractivity contribution in [1.82, 2.24) is 4.98 Å². The summed E-state index contributed by atoms with van der Waals surface area (Å²) in [7, 11) is 0. The molecule has 0 saturated heterocycles. The highest BCUT2D eigenvalue weighted by Gasteiger charge is 2.18. The number of nitro groups is 1. The predicted octanol–water partition coefficient (Wildman–Crippen LogP) is 3.11. The van der Waals surface area contributed by atoms with Gasteiger partial charge in [0.25, 0.3) is 0 Å².